The van der Waals surface area contributed by atoms with Crippen molar-refractivity contribution < 1.29 is 38.3 Å². The van der Waals surface area contributed by atoms with Crippen LogP contribution < -0.4 is 34.8 Å². The number of hydroxylamine groups is 2. The van der Waals surface area contributed by atoms with Gasteiger partial charge < -0.3 is 23.9 Å². The van der Waals surface area contributed by atoms with Crippen LogP contribution >= 0.6 is 0 Å². The number of para-hydroxylation sites is 3. The van der Waals surface area contributed by atoms with Crippen molar-refractivity contribution in [2.24, 2.45) is 0 Å². The number of benzene rings is 3. The van der Waals surface area contributed by atoms with Crippen LogP contribution in [0.5, 0.6) is 28.7 Å². The van der Waals surface area contributed by atoms with Gasteiger partial charge in [0.05, 0.1) is 5.56 Å². The van der Waals surface area contributed by atoms with Gasteiger partial charge in [-0.15, -0.1) is 0 Å². The van der Waals surface area contributed by atoms with E-state index in [1.54, 1.807) is 54.6 Å². The SMILES string of the molecule is O=C1COc2ccccc2OCC(=O)NOc2cccc(c2OC(=O)c2ccccc2)ON1. The number of amides is 2. The Bertz CT molecular complexity index is 1100. The van der Waals surface area contributed by atoms with Gasteiger partial charge >= 0.3 is 5.97 Å². The maximum Gasteiger partial charge on any atom is 0.343 e. The van der Waals surface area contributed by atoms with E-state index in [9.17, 15) is 14.4 Å². The summed E-state index contributed by atoms with van der Waals surface area (Å²) in [6.07, 6.45) is 0. The molecule has 0 spiro atoms. The summed E-state index contributed by atoms with van der Waals surface area (Å²) in [6, 6.07) is 19.2. The molecular formula is C23H18N2O8. The molecule has 1 aliphatic rings. The summed E-state index contributed by atoms with van der Waals surface area (Å²) < 4.78 is 16.4. The third-order valence-electron chi connectivity index (χ3n) is 4.26. The molecule has 2 N–H and O–H groups in total. The molecule has 2 amide bonds. The minimum atomic E-state index is -0.700. The summed E-state index contributed by atoms with van der Waals surface area (Å²) in [5, 5.41) is 0. The van der Waals surface area contributed by atoms with E-state index in [1.807, 2.05) is 0 Å². The van der Waals surface area contributed by atoms with Gasteiger partial charge in [-0.05, 0) is 36.4 Å². The highest BCUT2D eigenvalue weighted by Gasteiger charge is 2.21. The van der Waals surface area contributed by atoms with Gasteiger partial charge in [-0.3, -0.25) is 9.59 Å². The molecule has 0 aromatic heterocycles. The second-order valence-electron chi connectivity index (χ2n) is 6.62. The molecule has 10 nitrogen and oxygen atoms in total. The first-order valence-electron chi connectivity index (χ1n) is 9.76. The molecule has 3 aromatic carbocycles. The Labute approximate surface area is 187 Å². The van der Waals surface area contributed by atoms with Crippen molar-refractivity contribution in [2.45, 2.75) is 0 Å². The van der Waals surface area contributed by atoms with Gasteiger partial charge in [-0.25, -0.2) is 4.79 Å². The molecule has 33 heavy (non-hydrogen) atoms. The molecule has 0 saturated heterocycles. The van der Waals surface area contributed by atoms with Crippen LogP contribution in [0.15, 0.2) is 72.8 Å². The lowest BCUT2D eigenvalue weighted by Crippen LogP contribution is -2.32. The lowest BCUT2D eigenvalue weighted by atomic mass is 10.2. The van der Waals surface area contributed by atoms with E-state index in [2.05, 4.69) is 11.0 Å². The maximum atomic E-state index is 12.6. The van der Waals surface area contributed by atoms with Crippen molar-refractivity contribution in [1.82, 2.24) is 11.0 Å². The predicted molar refractivity (Wildman–Crippen MR) is 113 cm³/mol. The van der Waals surface area contributed by atoms with E-state index < -0.39 is 31.0 Å². The first kappa shape index (κ1) is 21.5. The van der Waals surface area contributed by atoms with Gasteiger partial charge in [0.15, 0.2) is 24.7 Å². The zero-order valence-electron chi connectivity index (χ0n) is 17.1. The summed E-state index contributed by atoms with van der Waals surface area (Å²) in [7, 11) is 0. The van der Waals surface area contributed by atoms with Crippen LogP contribution in [0.4, 0.5) is 0 Å². The first-order valence-corrected chi connectivity index (χ1v) is 9.76. The molecule has 0 radical (unpaired) electrons. The smallest absolute Gasteiger partial charge is 0.343 e. The molecule has 2 bridgehead atoms. The summed E-state index contributed by atoms with van der Waals surface area (Å²) in [4.78, 5) is 47.7. The summed E-state index contributed by atoms with van der Waals surface area (Å²) in [5.74, 6) is -1.66. The van der Waals surface area contributed by atoms with Crippen LogP contribution in [0.2, 0.25) is 0 Å². The number of carbonyl (C=O) groups excluding carboxylic acids is 3. The second-order valence-corrected chi connectivity index (χ2v) is 6.62. The fourth-order valence-corrected chi connectivity index (χ4v) is 2.74. The monoisotopic (exact) mass is 450 g/mol. The zero-order valence-corrected chi connectivity index (χ0v) is 17.1. The Morgan fingerprint density at radius 3 is 1.70 bits per heavy atom. The molecule has 0 saturated carbocycles. The Morgan fingerprint density at radius 2 is 1.15 bits per heavy atom. The number of hydrogen-bond acceptors (Lipinski definition) is 8. The molecule has 168 valence electrons. The van der Waals surface area contributed by atoms with Crippen LogP contribution in [0.1, 0.15) is 10.4 Å². The molecular weight excluding hydrogens is 432 g/mol. The van der Waals surface area contributed by atoms with Crippen LogP contribution in [0.3, 0.4) is 0 Å². The fraction of sp³-hybridized carbons (Fsp3) is 0.0870. The molecule has 0 aliphatic carbocycles. The quantitative estimate of drug-likeness (QED) is 0.450. The minimum Gasteiger partial charge on any atom is -0.480 e. The topological polar surface area (TPSA) is 121 Å². The van der Waals surface area contributed by atoms with Crippen molar-refractivity contribution in [3.05, 3.63) is 78.4 Å². The third-order valence-corrected chi connectivity index (χ3v) is 4.26. The van der Waals surface area contributed by atoms with Crippen LogP contribution in [0.25, 0.3) is 0 Å². The molecule has 10 heteroatoms. The lowest BCUT2D eigenvalue weighted by Gasteiger charge is -2.15. The fourth-order valence-electron chi connectivity index (χ4n) is 2.74. The Morgan fingerprint density at radius 1 is 0.667 bits per heavy atom. The van der Waals surface area contributed by atoms with Crippen molar-refractivity contribution in [3.8, 4) is 28.7 Å². The van der Waals surface area contributed by atoms with Crippen LogP contribution in [-0.4, -0.2) is 31.0 Å². The summed E-state index contributed by atoms with van der Waals surface area (Å²) >= 11 is 0. The largest absolute Gasteiger partial charge is 0.480 e. The Balaban J connectivity index is 1.60. The van der Waals surface area contributed by atoms with Crippen molar-refractivity contribution in [1.29, 1.82) is 0 Å². The molecule has 4 rings (SSSR count). The number of rotatable bonds is 2. The highest BCUT2D eigenvalue weighted by molar-refractivity contribution is 5.91. The highest BCUT2D eigenvalue weighted by atomic mass is 16.7. The van der Waals surface area contributed by atoms with E-state index in [0.29, 0.717) is 0 Å². The van der Waals surface area contributed by atoms with Crippen molar-refractivity contribution in [2.75, 3.05) is 13.2 Å². The predicted octanol–water partition coefficient (Wildman–Crippen LogP) is 2.20. The van der Waals surface area contributed by atoms with Crippen molar-refractivity contribution >= 4 is 17.8 Å². The van der Waals surface area contributed by atoms with E-state index >= 15 is 0 Å². The maximum absolute atomic E-state index is 12.6. The number of esters is 1. The second kappa shape index (κ2) is 10.1. The summed E-state index contributed by atoms with van der Waals surface area (Å²) in [5.41, 5.74) is 4.70. The first-order chi connectivity index (χ1) is 16.1. The molecule has 0 unspecified atom stereocenters. The molecule has 3 aromatic rings. The number of carbonyl (C=O) groups is 3. The average Bonchev–Trinajstić information content (AvgIpc) is 2.85. The van der Waals surface area contributed by atoms with E-state index in [0.717, 1.165) is 0 Å². The van der Waals surface area contributed by atoms with E-state index in [1.165, 1.54) is 18.2 Å². The number of ether oxygens (including phenoxy) is 3. The normalized spacial score (nSPS) is 13.7. The zero-order chi connectivity index (χ0) is 23.0. The van der Waals surface area contributed by atoms with Crippen LogP contribution in [0, 0.1) is 0 Å². The number of hydrogen-bond donors (Lipinski definition) is 2. The standard InChI is InChI=1S/C23H18N2O8/c26-20-13-29-16-9-4-5-10-17(16)30-14-21(27)25-33-19-12-6-11-18(32-24-20)22(19)31-23(28)15-7-2-1-3-8-15/h1-12H,13-14H2,(H,24,26)(H,25,27). The molecule has 1 heterocycles. The van der Waals surface area contributed by atoms with Crippen molar-refractivity contribution in [3.63, 3.8) is 0 Å². The van der Waals surface area contributed by atoms with Gasteiger partial charge in [-0.1, -0.05) is 36.4 Å². The molecule has 1 aliphatic heterocycles. The molecule has 0 fully saturated rings. The van der Waals surface area contributed by atoms with Gasteiger partial charge in [0, 0.05) is 0 Å². The Hall–Kier alpha value is -4.73. The highest BCUT2D eigenvalue weighted by Crippen LogP contribution is 2.37. The average molecular weight is 450 g/mol. The lowest BCUT2D eigenvalue weighted by molar-refractivity contribution is -0.130. The van der Waals surface area contributed by atoms with Crippen LogP contribution in [-0.2, 0) is 9.59 Å². The number of fused-ring (bicyclic) bond motifs is 3. The Kier molecular flexibility index (Phi) is 6.55. The summed E-state index contributed by atoms with van der Waals surface area (Å²) in [6.45, 7) is -0.802. The van der Waals surface area contributed by atoms with Gasteiger partial charge in [0.1, 0.15) is 0 Å². The van der Waals surface area contributed by atoms with Gasteiger partial charge in [0.25, 0.3) is 11.8 Å². The van der Waals surface area contributed by atoms with E-state index in [-0.39, 0.29) is 34.3 Å². The third kappa shape index (κ3) is 5.50. The van der Waals surface area contributed by atoms with Gasteiger partial charge in [-0.2, -0.15) is 11.0 Å². The number of nitrogens with one attached hydrogen (secondary N) is 2. The minimum absolute atomic E-state index is 0.0362. The molecule has 0 atom stereocenters. The van der Waals surface area contributed by atoms with Gasteiger partial charge in [0.2, 0.25) is 17.2 Å². The van der Waals surface area contributed by atoms with E-state index in [4.69, 9.17) is 23.9 Å².